The molecule has 2 aromatic heterocycles. The minimum absolute atomic E-state index is 0.0773. The lowest BCUT2D eigenvalue weighted by molar-refractivity contribution is -0.148. The first-order chi connectivity index (χ1) is 19.3. The van der Waals surface area contributed by atoms with Crippen LogP contribution in [0.2, 0.25) is 0 Å². The predicted octanol–water partition coefficient (Wildman–Crippen LogP) is 5.03. The van der Waals surface area contributed by atoms with Crippen molar-refractivity contribution in [3.05, 3.63) is 32.2 Å². The smallest absolute Gasteiger partial charge is 0.306 e. The molecule has 4 atom stereocenters. The molecule has 3 unspecified atom stereocenters. The van der Waals surface area contributed by atoms with Gasteiger partial charge in [0.15, 0.2) is 6.10 Å². The summed E-state index contributed by atoms with van der Waals surface area (Å²) in [6, 6.07) is -0.634. The number of hydrogen-bond donors (Lipinski definition) is 2. The van der Waals surface area contributed by atoms with E-state index in [2.05, 4.69) is 15.3 Å². The van der Waals surface area contributed by atoms with Gasteiger partial charge >= 0.3 is 11.9 Å². The predicted molar refractivity (Wildman–Crippen MR) is 158 cm³/mol. The van der Waals surface area contributed by atoms with Gasteiger partial charge < -0.3 is 20.1 Å². The van der Waals surface area contributed by atoms with E-state index in [1.807, 2.05) is 26.2 Å². The van der Waals surface area contributed by atoms with Crippen molar-refractivity contribution >= 4 is 46.4 Å². The first kappa shape index (κ1) is 32.7. The van der Waals surface area contributed by atoms with Crippen LogP contribution in [0.25, 0.3) is 0 Å². The Labute approximate surface area is 249 Å². The number of thiazole rings is 2. The van der Waals surface area contributed by atoms with Crippen molar-refractivity contribution in [2.24, 2.45) is 17.8 Å². The Morgan fingerprint density at radius 2 is 1.83 bits per heavy atom. The monoisotopic (exact) mass is 606 g/mol. The van der Waals surface area contributed by atoms with E-state index in [0.29, 0.717) is 30.2 Å². The quantitative estimate of drug-likeness (QED) is 0.254. The summed E-state index contributed by atoms with van der Waals surface area (Å²) in [5.41, 5.74) is 1.04. The minimum atomic E-state index is -0.935. The summed E-state index contributed by atoms with van der Waals surface area (Å²) >= 11 is 2.69. The molecular weight excluding hydrogens is 564 g/mol. The highest BCUT2D eigenvalue weighted by atomic mass is 32.1. The highest BCUT2D eigenvalue weighted by molar-refractivity contribution is 7.10. The highest BCUT2D eigenvalue weighted by Gasteiger charge is 2.32. The Balaban J connectivity index is 1.73. The lowest BCUT2D eigenvalue weighted by Gasteiger charge is -2.33. The Hall–Kier alpha value is -2.86. The molecule has 0 radical (unpaired) electrons. The third-order valence-electron chi connectivity index (χ3n) is 7.40. The van der Waals surface area contributed by atoms with E-state index in [9.17, 15) is 24.3 Å². The zero-order valence-corrected chi connectivity index (χ0v) is 26.3. The van der Waals surface area contributed by atoms with Crippen molar-refractivity contribution in [2.45, 2.75) is 97.8 Å². The van der Waals surface area contributed by atoms with Crippen LogP contribution in [-0.4, -0.2) is 62.9 Å². The van der Waals surface area contributed by atoms with Crippen molar-refractivity contribution in [1.82, 2.24) is 20.2 Å². The third kappa shape index (κ3) is 10.2. The number of esters is 1. The summed E-state index contributed by atoms with van der Waals surface area (Å²) < 4.78 is 5.66. The molecule has 1 saturated carbocycles. The highest BCUT2D eigenvalue weighted by Crippen LogP contribution is 2.34. The first-order valence-electron chi connectivity index (χ1n) is 14.2. The Kier molecular flexibility index (Phi) is 11.8. The van der Waals surface area contributed by atoms with Crippen LogP contribution in [-0.2, 0) is 25.5 Å². The molecule has 0 saturated heterocycles. The van der Waals surface area contributed by atoms with Crippen molar-refractivity contribution in [2.75, 3.05) is 7.05 Å². The van der Waals surface area contributed by atoms with E-state index < -0.39 is 35.9 Å². The number of aromatic nitrogens is 2. The fraction of sp³-hybridized carbons (Fsp3) is 0.655. The standard InChI is InChI=1S/C29H42N4O6S2/c1-16(2)23(33(6)26(35)10-9-20-7-8-20)13-24(39-19(5)34)28-32-22(15-41-28)27(36)31-21(11-17(3)29(37)38)12-25-30-18(4)14-40-25/h14-17,20-21,23-24H,7-13H2,1-6H3,(H,31,36)(H,37,38)/t17?,21-,23?,24?/m1/s1. The molecule has 2 aromatic rings. The normalized spacial score (nSPS) is 16.1. The molecule has 226 valence electrons. The van der Waals surface area contributed by atoms with Crippen molar-refractivity contribution in [3.8, 4) is 0 Å². The van der Waals surface area contributed by atoms with Crippen LogP contribution in [0.15, 0.2) is 10.8 Å². The molecule has 1 fully saturated rings. The second-order valence-electron chi connectivity index (χ2n) is 11.4. The van der Waals surface area contributed by atoms with Gasteiger partial charge in [-0.1, -0.05) is 33.6 Å². The number of carboxylic acid groups (broad SMARTS) is 1. The Morgan fingerprint density at radius 1 is 1.12 bits per heavy atom. The molecule has 1 aliphatic rings. The average molecular weight is 607 g/mol. The van der Waals surface area contributed by atoms with Gasteiger partial charge in [0.05, 0.1) is 10.9 Å². The summed E-state index contributed by atoms with van der Waals surface area (Å²) in [7, 11) is 1.80. The molecular formula is C29H42N4O6S2. The van der Waals surface area contributed by atoms with Gasteiger partial charge in [-0.05, 0) is 31.6 Å². The van der Waals surface area contributed by atoms with E-state index >= 15 is 0 Å². The molecule has 10 nitrogen and oxygen atoms in total. The number of carboxylic acids is 1. The van der Waals surface area contributed by atoms with E-state index in [1.165, 1.54) is 42.4 Å². The number of amides is 2. The number of aliphatic carboxylic acids is 1. The van der Waals surface area contributed by atoms with Crippen LogP contribution in [0.1, 0.15) is 98.5 Å². The number of carbonyl (C=O) groups excluding carboxylic acids is 3. The zero-order valence-electron chi connectivity index (χ0n) is 24.7. The fourth-order valence-corrected chi connectivity index (χ4v) is 6.51. The number of ether oxygens (including phenoxy) is 1. The first-order valence-corrected chi connectivity index (χ1v) is 15.9. The van der Waals surface area contributed by atoms with Gasteiger partial charge in [0, 0.05) is 61.8 Å². The summed E-state index contributed by atoms with van der Waals surface area (Å²) in [4.78, 5) is 60.4. The van der Waals surface area contributed by atoms with Crippen molar-refractivity contribution < 1.29 is 29.0 Å². The van der Waals surface area contributed by atoms with Gasteiger partial charge in [-0.15, -0.1) is 22.7 Å². The molecule has 2 amide bonds. The van der Waals surface area contributed by atoms with Gasteiger partial charge in [0.2, 0.25) is 5.91 Å². The van der Waals surface area contributed by atoms with E-state index in [4.69, 9.17) is 4.74 Å². The van der Waals surface area contributed by atoms with Crippen LogP contribution in [0, 0.1) is 24.7 Å². The van der Waals surface area contributed by atoms with E-state index in [0.717, 1.165) is 17.1 Å². The maximum atomic E-state index is 13.2. The molecule has 3 rings (SSSR count). The molecule has 0 bridgehead atoms. The molecule has 2 N–H and O–H groups in total. The number of rotatable bonds is 16. The van der Waals surface area contributed by atoms with Gasteiger partial charge in [0.25, 0.3) is 5.91 Å². The summed E-state index contributed by atoms with van der Waals surface area (Å²) in [6.45, 7) is 8.89. The van der Waals surface area contributed by atoms with Gasteiger partial charge in [-0.25, -0.2) is 9.97 Å². The van der Waals surface area contributed by atoms with E-state index in [-0.39, 0.29) is 30.0 Å². The fourth-order valence-electron chi connectivity index (χ4n) is 4.82. The topological polar surface area (TPSA) is 139 Å². The molecule has 1 aliphatic carbocycles. The Bertz CT molecular complexity index is 1210. The summed E-state index contributed by atoms with van der Waals surface area (Å²) in [5, 5.41) is 17.2. The van der Waals surface area contributed by atoms with Crippen molar-refractivity contribution in [3.63, 3.8) is 0 Å². The van der Waals surface area contributed by atoms with Gasteiger partial charge in [0.1, 0.15) is 10.7 Å². The maximum Gasteiger partial charge on any atom is 0.306 e. The lowest BCUT2D eigenvalue weighted by atomic mass is 9.96. The minimum Gasteiger partial charge on any atom is -0.481 e. The van der Waals surface area contributed by atoms with Crippen LogP contribution >= 0.6 is 22.7 Å². The number of nitrogens with one attached hydrogen (secondary N) is 1. The van der Waals surface area contributed by atoms with Crippen LogP contribution < -0.4 is 5.32 Å². The second-order valence-corrected chi connectivity index (χ2v) is 13.3. The number of aryl methyl sites for hydroxylation is 1. The summed E-state index contributed by atoms with van der Waals surface area (Å²) in [6.07, 6.45) is 4.10. The average Bonchev–Trinajstić information content (AvgIpc) is 3.43. The maximum absolute atomic E-state index is 13.2. The number of hydrogen-bond acceptors (Lipinski definition) is 9. The lowest BCUT2D eigenvalue weighted by Crippen LogP contribution is -2.41. The Morgan fingerprint density at radius 3 is 2.39 bits per heavy atom. The second kappa shape index (κ2) is 14.9. The van der Waals surface area contributed by atoms with Crippen LogP contribution in [0.3, 0.4) is 0 Å². The van der Waals surface area contributed by atoms with Gasteiger partial charge in [-0.3, -0.25) is 19.2 Å². The van der Waals surface area contributed by atoms with Crippen LogP contribution in [0.5, 0.6) is 0 Å². The van der Waals surface area contributed by atoms with Gasteiger partial charge in [-0.2, -0.15) is 0 Å². The molecule has 12 heteroatoms. The largest absolute Gasteiger partial charge is 0.481 e. The van der Waals surface area contributed by atoms with Crippen molar-refractivity contribution in [1.29, 1.82) is 0 Å². The van der Waals surface area contributed by atoms with E-state index in [1.54, 1.807) is 24.3 Å². The molecule has 0 aromatic carbocycles. The molecule has 0 aliphatic heterocycles. The summed E-state index contributed by atoms with van der Waals surface area (Å²) in [5.74, 6) is -1.64. The van der Waals surface area contributed by atoms with Crippen LogP contribution in [0.4, 0.5) is 0 Å². The zero-order chi connectivity index (χ0) is 30.3. The molecule has 41 heavy (non-hydrogen) atoms. The molecule has 0 spiro atoms. The SMILES string of the molecule is CC(=O)OC(CC(C(C)C)N(C)C(=O)CCC1CC1)c1nc(C(=O)N[C@@H](Cc2nc(C)cs2)CC(C)C(=O)O)cs1. The third-order valence-corrected chi connectivity index (χ3v) is 9.33. The number of carbonyl (C=O) groups is 4. The number of nitrogens with zero attached hydrogens (tertiary/aromatic N) is 3. The molecule has 2 heterocycles.